The number of hydrogen-bond acceptors (Lipinski definition) is 3. The van der Waals surface area contributed by atoms with Crippen LogP contribution >= 0.6 is 0 Å². The summed E-state index contributed by atoms with van der Waals surface area (Å²) in [4.78, 5) is 11.1. The van der Waals surface area contributed by atoms with Gasteiger partial charge in [0, 0.05) is 5.57 Å². The van der Waals surface area contributed by atoms with Crippen LogP contribution in [0.5, 0.6) is 0 Å². The molecule has 0 fully saturated rings. The molecule has 0 aliphatic rings. The molecule has 5 nitrogen and oxygen atoms in total. The van der Waals surface area contributed by atoms with E-state index >= 15 is 0 Å². The molecule has 80 valence electrons. The highest BCUT2D eigenvalue weighted by atomic mass is 32.2. The van der Waals surface area contributed by atoms with Gasteiger partial charge in [0.05, 0.1) is 0 Å². The molecule has 0 aliphatic heterocycles. The van der Waals surface area contributed by atoms with Gasteiger partial charge >= 0.3 is 0 Å². The molecule has 6 heteroatoms. The average molecular weight is 219 g/mol. The lowest BCUT2D eigenvalue weighted by Crippen LogP contribution is -2.40. The normalized spacial score (nSPS) is 13.0. The van der Waals surface area contributed by atoms with E-state index in [2.05, 4.69) is 18.5 Å². The molecule has 14 heavy (non-hydrogen) atoms. The lowest BCUT2D eigenvalue weighted by Gasteiger charge is -2.13. The first-order valence-electron chi connectivity index (χ1n) is 3.91. The maximum atomic E-state index is 11.1. The van der Waals surface area contributed by atoms with E-state index in [0.717, 1.165) is 0 Å². The largest absolute Gasteiger partial charge is 0.333 e. The summed E-state index contributed by atoms with van der Waals surface area (Å²) in [6.07, 6.45) is 1.28. The Labute approximate surface area is 83.3 Å². The van der Waals surface area contributed by atoms with E-state index in [4.69, 9.17) is 4.55 Å². The van der Waals surface area contributed by atoms with E-state index in [1.807, 2.05) is 0 Å². The molecule has 1 unspecified atom stereocenters. The van der Waals surface area contributed by atoms with E-state index in [1.165, 1.54) is 13.0 Å². The number of carbonyl (C=O) groups is 1. The van der Waals surface area contributed by atoms with Gasteiger partial charge in [0.2, 0.25) is 0 Å². The molecule has 0 rings (SSSR count). The van der Waals surface area contributed by atoms with Crippen molar-refractivity contribution in [3.63, 3.8) is 0 Å². The van der Waals surface area contributed by atoms with Crippen LogP contribution in [-0.2, 0) is 14.9 Å². The van der Waals surface area contributed by atoms with Crippen molar-refractivity contribution in [2.24, 2.45) is 0 Å². The van der Waals surface area contributed by atoms with Gasteiger partial charge in [-0.2, -0.15) is 8.42 Å². The third kappa shape index (κ3) is 3.71. The van der Waals surface area contributed by atoms with Crippen molar-refractivity contribution in [3.05, 3.63) is 24.8 Å². The second kappa shape index (κ2) is 4.92. The fraction of sp³-hybridized carbons (Fsp3) is 0.375. The zero-order chi connectivity index (χ0) is 11.4. The topological polar surface area (TPSA) is 83.5 Å². The van der Waals surface area contributed by atoms with E-state index in [0.29, 0.717) is 0 Å². The lowest BCUT2D eigenvalue weighted by atomic mass is 10.3. The zero-order valence-corrected chi connectivity index (χ0v) is 8.67. The Balaban J connectivity index is 4.58. The van der Waals surface area contributed by atoms with Crippen LogP contribution in [0, 0.1) is 0 Å². The fourth-order valence-corrected chi connectivity index (χ4v) is 1.40. The molecule has 2 N–H and O–H groups in total. The minimum atomic E-state index is -4.26. The number of hydrogen-bond donors (Lipinski definition) is 2. The molecule has 0 aromatic rings. The van der Waals surface area contributed by atoms with Crippen molar-refractivity contribution < 1.29 is 17.8 Å². The van der Waals surface area contributed by atoms with Crippen LogP contribution in [0.15, 0.2) is 24.8 Å². The van der Waals surface area contributed by atoms with Crippen LogP contribution in [0.4, 0.5) is 0 Å². The van der Waals surface area contributed by atoms with Crippen molar-refractivity contribution >= 4 is 16.0 Å². The van der Waals surface area contributed by atoms with Crippen LogP contribution in [0.2, 0.25) is 0 Å². The van der Waals surface area contributed by atoms with Gasteiger partial charge in [-0.1, -0.05) is 26.2 Å². The molecule has 0 radical (unpaired) electrons. The summed E-state index contributed by atoms with van der Waals surface area (Å²) in [5, 5.41) is 0.810. The molecule has 0 aromatic carbocycles. The van der Waals surface area contributed by atoms with Crippen LogP contribution in [0.25, 0.3) is 0 Å². The predicted molar refractivity (Wildman–Crippen MR) is 53.1 cm³/mol. The Morgan fingerprint density at radius 2 is 2.14 bits per heavy atom. The molecule has 1 atom stereocenters. The maximum absolute atomic E-state index is 11.1. The quantitative estimate of drug-likeness (QED) is 0.400. The summed E-state index contributed by atoms with van der Waals surface area (Å²) in [5.41, 5.74) is 0.0482. The molecular weight excluding hydrogens is 206 g/mol. The molecule has 0 aromatic heterocycles. The Morgan fingerprint density at radius 3 is 2.43 bits per heavy atom. The van der Waals surface area contributed by atoms with Gasteiger partial charge in [0.1, 0.15) is 0 Å². The number of nitrogens with one attached hydrogen (secondary N) is 1. The summed E-state index contributed by atoms with van der Waals surface area (Å²) < 4.78 is 30.1. The predicted octanol–water partition coefficient (Wildman–Crippen LogP) is 0.469. The van der Waals surface area contributed by atoms with Gasteiger partial charge in [-0.25, -0.2) is 0 Å². The minimum Gasteiger partial charge on any atom is -0.333 e. The molecular formula is C8H13NO4S. The molecule has 0 saturated heterocycles. The molecule has 0 aliphatic carbocycles. The maximum Gasteiger partial charge on any atom is 0.286 e. The number of carbonyl (C=O) groups excluding carboxylic acids is 1. The molecule has 0 spiro atoms. The van der Waals surface area contributed by atoms with Gasteiger partial charge in [0.25, 0.3) is 16.0 Å². The minimum absolute atomic E-state index is 0.0482. The zero-order valence-electron chi connectivity index (χ0n) is 7.86. The molecule has 0 bridgehead atoms. The van der Waals surface area contributed by atoms with Gasteiger partial charge in [-0.15, -0.1) is 0 Å². The van der Waals surface area contributed by atoms with E-state index in [9.17, 15) is 13.2 Å². The highest BCUT2D eigenvalue weighted by molar-refractivity contribution is 7.86. The summed E-state index contributed by atoms with van der Waals surface area (Å²) in [5.74, 6) is -0.663. The second-order valence-electron chi connectivity index (χ2n) is 2.61. The monoisotopic (exact) mass is 219 g/mol. The summed E-state index contributed by atoms with van der Waals surface area (Å²) in [6.45, 7) is 8.16. The van der Waals surface area contributed by atoms with Gasteiger partial charge in [-0.05, 0) is 6.42 Å². The van der Waals surface area contributed by atoms with Crippen molar-refractivity contribution in [1.82, 2.24) is 5.32 Å². The Morgan fingerprint density at radius 1 is 1.64 bits per heavy atom. The number of amides is 1. The standard InChI is InChI=1S/C8H13NO4S/c1-4-6(3)8(10)9-7(5-2)14(11,12)13/h4,7H,1,3,5H2,2H3,(H,9,10)(H,11,12,13). The summed E-state index contributed by atoms with van der Waals surface area (Å²) in [7, 11) is -4.26. The third-order valence-corrected chi connectivity index (χ3v) is 2.73. The summed E-state index contributed by atoms with van der Waals surface area (Å²) >= 11 is 0. The van der Waals surface area contributed by atoms with Crippen LogP contribution < -0.4 is 5.32 Å². The molecule has 0 heterocycles. The highest BCUT2D eigenvalue weighted by Gasteiger charge is 2.22. The fourth-order valence-electron chi connectivity index (χ4n) is 0.719. The first-order chi connectivity index (χ1) is 6.32. The molecule has 1 amide bonds. The SMILES string of the molecule is C=CC(=C)C(=O)NC(CC)S(=O)(=O)O. The van der Waals surface area contributed by atoms with E-state index in [1.54, 1.807) is 0 Å². The van der Waals surface area contributed by atoms with Crippen molar-refractivity contribution in [2.75, 3.05) is 0 Å². The Bertz CT molecular complexity index is 344. The van der Waals surface area contributed by atoms with Gasteiger partial charge in [-0.3, -0.25) is 9.35 Å². The van der Waals surface area contributed by atoms with Crippen molar-refractivity contribution in [1.29, 1.82) is 0 Å². The van der Waals surface area contributed by atoms with Crippen molar-refractivity contribution in [3.8, 4) is 0 Å². The first-order valence-corrected chi connectivity index (χ1v) is 5.41. The first kappa shape index (κ1) is 12.9. The summed E-state index contributed by atoms with van der Waals surface area (Å²) in [6, 6.07) is 0. The molecule has 0 saturated carbocycles. The Hall–Kier alpha value is -1.14. The second-order valence-corrected chi connectivity index (χ2v) is 4.21. The highest BCUT2D eigenvalue weighted by Crippen LogP contribution is 2.01. The smallest absolute Gasteiger partial charge is 0.286 e. The van der Waals surface area contributed by atoms with E-state index < -0.39 is 21.4 Å². The lowest BCUT2D eigenvalue weighted by molar-refractivity contribution is -0.117. The van der Waals surface area contributed by atoms with Crippen molar-refractivity contribution in [2.45, 2.75) is 18.7 Å². The van der Waals surface area contributed by atoms with Gasteiger partial charge < -0.3 is 5.32 Å². The van der Waals surface area contributed by atoms with Crippen LogP contribution in [-0.4, -0.2) is 24.3 Å². The third-order valence-electron chi connectivity index (χ3n) is 1.56. The van der Waals surface area contributed by atoms with Gasteiger partial charge in [0.15, 0.2) is 5.37 Å². The number of rotatable bonds is 5. The average Bonchev–Trinajstić information content (AvgIpc) is 2.10. The Kier molecular flexibility index (Phi) is 4.52. The van der Waals surface area contributed by atoms with Crippen LogP contribution in [0.3, 0.4) is 0 Å². The van der Waals surface area contributed by atoms with E-state index in [-0.39, 0.29) is 12.0 Å². The van der Waals surface area contributed by atoms with Crippen LogP contribution in [0.1, 0.15) is 13.3 Å².